The largest absolute Gasteiger partial charge is 0.497 e. The Bertz CT molecular complexity index is 991. The molecule has 0 saturated carbocycles. The van der Waals surface area contributed by atoms with Gasteiger partial charge < -0.3 is 15.4 Å². The summed E-state index contributed by atoms with van der Waals surface area (Å²) in [6.45, 7) is 7.66. The normalized spacial score (nSPS) is 10.5. The Kier molecular flexibility index (Phi) is 5.59. The molecule has 0 spiro atoms. The van der Waals surface area contributed by atoms with E-state index in [0.29, 0.717) is 17.5 Å². The monoisotopic (exact) mass is 376 g/mol. The number of methoxy groups -OCH3 is 1. The van der Waals surface area contributed by atoms with E-state index in [9.17, 15) is 4.79 Å². The average Bonchev–Trinajstić information content (AvgIpc) is 2.65. The standard InChI is InChI=1S/C22H24N4O2/c1-13-10-14(2)21(15(3)11-13)25-20-12-19(16(4)27)24-22(26-20)23-17-6-8-18(28-5)9-7-17/h6-12H,1-5H3,(H2,23,24,25,26). The summed E-state index contributed by atoms with van der Waals surface area (Å²) in [4.78, 5) is 20.8. The van der Waals surface area contributed by atoms with Gasteiger partial charge >= 0.3 is 0 Å². The number of benzene rings is 2. The lowest BCUT2D eigenvalue weighted by Crippen LogP contribution is -2.07. The van der Waals surface area contributed by atoms with Gasteiger partial charge in [0.05, 0.1) is 7.11 Å². The van der Waals surface area contributed by atoms with Crippen molar-refractivity contribution in [2.75, 3.05) is 17.7 Å². The van der Waals surface area contributed by atoms with Crippen molar-refractivity contribution in [1.82, 2.24) is 9.97 Å². The zero-order valence-electron chi connectivity index (χ0n) is 16.8. The Hall–Kier alpha value is -3.41. The minimum Gasteiger partial charge on any atom is -0.497 e. The minimum absolute atomic E-state index is 0.124. The highest BCUT2D eigenvalue weighted by Gasteiger charge is 2.11. The molecule has 0 aliphatic heterocycles. The first-order valence-electron chi connectivity index (χ1n) is 9.01. The summed E-state index contributed by atoms with van der Waals surface area (Å²) in [5.74, 6) is 1.55. The molecule has 6 nitrogen and oxygen atoms in total. The quantitative estimate of drug-likeness (QED) is 0.583. The van der Waals surface area contributed by atoms with E-state index in [-0.39, 0.29) is 5.78 Å². The topological polar surface area (TPSA) is 76.1 Å². The molecule has 0 aliphatic rings. The van der Waals surface area contributed by atoms with Crippen molar-refractivity contribution in [3.05, 3.63) is 64.8 Å². The molecule has 144 valence electrons. The number of hydrogen-bond acceptors (Lipinski definition) is 6. The molecule has 28 heavy (non-hydrogen) atoms. The van der Waals surface area contributed by atoms with Gasteiger partial charge in [0, 0.05) is 24.4 Å². The van der Waals surface area contributed by atoms with E-state index < -0.39 is 0 Å². The zero-order chi connectivity index (χ0) is 20.3. The molecule has 0 saturated heterocycles. The van der Waals surface area contributed by atoms with Gasteiger partial charge in [-0.1, -0.05) is 17.7 Å². The van der Waals surface area contributed by atoms with Crippen molar-refractivity contribution < 1.29 is 9.53 Å². The number of nitrogens with zero attached hydrogens (tertiary/aromatic N) is 2. The van der Waals surface area contributed by atoms with Gasteiger partial charge in [-0.3, -0.25) is 4.79 Å². The second kappa shape index (κ2) is 8.08. The molecule has 1 aromatic heterocycles. The number of ketones is 1. The third kappa shape index (κ3) is 4.46. The van der Waals surface area contributed by atoms with E-state index in [4.69, 9.17) is 4.74 Å². The molecule has 6 heteroatoms. The SMILES string of the molecule is COc1ccc(Nc2nc(Nc3c(C)cc(C)cc3C)cc(C(C)=O)n2)cc1. The molecule has 0 bridgehead atoms. The van der Waals surface area contributed by atoms with Crippen molar-refractivity contribution in [2.45, 2.75) is 27.7 Å². The van der Waals surface area contributed by atoms with Gasteiger partial charge in [-0.15, -0.1) is 0 Å². The van der Waals surface area contributed by atoms with Crippen LogP contribution in [0, 0.1) is 20.8 Å². The van der Waals surface area contributed by atoms with Crippen LogP contribution in [0.25, 0.3) is 0 Å². The highest BCUT2D eigenvalue weighted by Crippen LogP contribution is 2.26. The Labute approximate surface area is 165 Å². The lowest BCUT2D eigenvalue weighted by Gasteiger charge is -2.15. The van der Waals surface area contributed by atoms with Gasteiger partial charge in [-0.2, -0.15) is 4.98 Å². The fourth-order valence-electron chi connectivity index (χ4n) is 3.06. The third-order valence-electron chi connectivity index (χ3n) is 4.36. The van der Waals surface area contributed by atoms with E-state index >= 15 is 0 Å². The van der Waals surface area contributed by atoms with Crippen LogP contribution < -0.4 is 15.4 Å². The van der Waals surface area contributed by atoms with Crippen molar-refractivity contribution in [3.63, 3.8) is 0 Å². The summed E-state index contributed by atoms with van der Waals surface area (Å²) in [6.07, 6.45) is 0. The van der Waals surface area contributed by atoms with Crippen LogP contribution in [0.4, 0.5) is 23.1 Å². The summed E-state index contributed by atoms with van der Waals surface area (Å²) in [6, 6.07) is 13.3. The van der Waals surface area contributed by atoms with Crippen LogP contribution in [-0.4, -0.2) is 22.9 Å². The molecule has 0 atom stereocenters. The Morgan fingerprint density at radius 3 is 2.14 bits per heavy atom. The maximum absolute atomic E-state index is 12.0. The van der Waals surface area contributed by atoms with Crippen LogP contribution in [0.5, 0.6) is 5.75 Å². The van der Waals surface area contributed by atoms with Crippen molar-refractivity contribution in [2.24, 2.45) is 0 Å². The zero-order valence-corrected chi connectivity index (χ0v) is 16.8. The van der Waals surface area contributed by atoms with Crippen molar-refractivity contribution in [3.8, 4) is 5.75 Å². The van der Waals surface area contributed by atoms with Gasteiger partial charge in [0.25, 0.3) is 0 Å². The lowest BCUT2D eigenvalue weighted by molar-refractivity contribution is 0.101. The maximum atomic E-state index is 12.0. The predicted molar refractivity (Wildman–Crippen MR) is 112 cm³/mol. The van der Waals surface area contributed by atoms with Crippen LogP contribution in [0.2, 0.25) is 0 Å². The first-order valence-corrected chi connectivity index (χ1v) is 9.01. The molecule has 2 aromatic carbocycles. The van der Waals surface area contributed by atoms with Gasteiger partial charge in [-0.05, 0) is 56.2 Å². The number of rotatable bonds is 6. The second-order valence-electron chi connectivity index (χ2n) is 6.77. The highest BCUT2D eigenvalue weighted by atomic mass is 16.5. The average molecular weight is 376 g/mol. The van der Waals surface area contributed by atoms with E-state index in [1.54, 1.807) is 13.2 Å². The fraction of sp³-hybridized carbons (Fsp3) is 0.227. The van der Waals surface area contributed by atoms with Gasteiger partial charge in [0.1, 0.15) is 17.3 Å². The van der Waals surface area contributed by atoms with E-state index in [0.717, 1.165) is 28.3 Å². The third-order valence-corrected chi connectivity index (χ3v) is 4.36. The molecule has 2 N–H and O–H groups in total. The lowest BCUT2D eigenvalue weighted by atomic mass is 10.1. The molecule has 0 aliphatic carbocycles. The predicted octanol–water partition coefficient (Wildman–Crippen LogP) is 5.10. The Morgan fingerprint density at radius 1 is 0.929 bits per heavy atom. The van der Waals surface area contributed by atoms with E-state index in [2.05, 4.69) is 39.7 Å². The number of ether oxygens (including phenoxy) is 1. The summed E-state index contributed by atoms with van der Waals surface area (Å²) >= 11 is 0. The summed E-state index contributed by atoms with van der Waals surface area (Å²) in [5, 5.41) is 6.49. The molecule has 0 fully saturated rings. The van der Waals surface area contributed by atoms with Crippen LogP contribution in [0.1, 0.15) is 34.1 Å². The number of Topliss-reactive ketones (excluding diaryl/α,β-unsaturated/α-hetero) is 1. The number of carbonyl (C=O) groups is 1. The van der Waals surface area contributed by atoms with Gasteiger partial charge in [0.2, 0.25) is 5.95 Å². The van der Waals surface area contributed by atoms with E-state index in [1.807, 2.05) is 38.1 Å². The number of aromatic nitrogens is 2. The first kappa shape index (κ1) is 19.4. The fourth-order valence-corrected chi connectivity index (χ4v) is 3.06. The molecular formula is C22H24N4O2. The molecule has 3 rings (SSSR count). The Morgan fingerprint density at radius 2 is 1.57 bits per heavy atom. The Balaban J connectivity index is 1.94. The van der Waals surface area contributed by atoms with Crippen molar-refractivity contribution in [1.29, 1.82) is 0 Å². The van der Waals surface area contributed by atoms with Crippen LogP contribution in [0.3, 0.4) is 0 Å². The van der Waals surface area contributed by atoms with E-state index in [1.165, 1.54) is 12.5 Å². The van der Waals surface area contributed by atoms with Crippen LogP contribution in [-0.2, 0) is 0 Å². The second-order valence-corrected chi connectivity index (χ2v) is 6.77. The molecule has 0 unspecified atom stereocenters. The van der Waals surface area contributed by atoms with Gasteiger partial charge in [-0.25, -0.2) is 4.98 Å². The number of nitrogens with one attached hydrogen (secondary N) is 2. The summed E-state index contributed by atoms with van der Waals surface area (Å²) in [5.41, 5.74) is 5.56. The first-order chi connectivity index (χ1) is 13.4. The maximum Gasteiger partial charge on any atom is 0.229 e. The highest BCUT2D eigenvalue weighted by molar-refractivity contribution is 5.93. The van der Waals surface area contributed by atoms with Gasteiger partial charge in [0.15, 0.2) is 5.78 Å². The summed E-state index contributed by atoms with van der Waals surface area (Å²) < 4.78 is 5.17. The number of aryl methyl sites for hydroxylation is 3. The number of anilines is 4. The summed E-state index contributed by atoms with van der Waals surface area (Å²) in [7, 11) is 1.62. The van der Waals surface area contributed by atoms with Crippen molar-refractivity contribution >= 4 is 28.9 Å². The van der Waals surface area contributed by atoms with Crippen LogP contribution >= 0.6 is 0 Å². The van der Waals surface area contributed by atoms with Crippen LogP contribution in [0.15, 0.2) is 42.5 Å². The minimum atomic E-state index is -0.124. The number of hydrogen-bond donors (Lipinski definition) is 2. The molecule has 0 amide bonds. The molecule has 3 aromatic rings. The molecule has 0 radical (unpaired) electrons. The smallest absolute Gasteiger partial charge is 0.229 e. The molecule has 1 heterocycles. The molecular weight excluding hydrogens is 352 g/mol. The number of carbonyl (C=O) groups excluding carboxylic acids is 1.